The Balaban J connectivity index is 1.82. The van der Waals surface area contributed by atoms with Gasteiger partial charge in [0.15, 0.2) is 5.78 Å². The van der Waals surface area contributed by atoms with Gasteiger partial charge in [-0.2, -0.15) is 0 Å². The summed E-state index contributed by atoms with van der Waals surface area (Å²) in [6, 6.07) is 12.4. The molecule has 1 aromatic heterocycles. The summed E-state index contributed by atoms with van der Waals surface area (Å²) in [6.45, 7) is 4.85. The molecule has 8 nitrogen and oxygen atoms in total. The number of hydrogen-bond acceptors (Lipinski definition) is 5. The van der Waals surface area contributed by atoms with Crippen LogP contribution in [-0.4, -0.2) is 32.2 Å². The first-order chi connectivity index (χ1) is 14.6. The van der Waals surface area contributed by atoms with Crippen molar-refractivity contribution >= 4 is 33.1 Å². The van der Waals surface area contributed by atoms with E-state index in [4.69, 9.17) is 4.74 Å². The zero-order valence-electron chi connectivity index (χ0n) is 17.6. The van der Waals surface area contributed by atoms with Gasteiger partial charge in [0.25, 0.3) is 15.9 Å². The number of amides is 1. The Morgan fingerprint density at radius 3 is 2.26 bits per heavy atom. The number of ketones is 1. The number of H-pyrrole nitrogens is 1. The molecule has 3 rings (SSSR count). The van der Waals surface area contributed by atoms with Crippen LogP contribution in [0.1, 0.15) is 39.0 Å². The first-order valence-electron chi connectivity index (χ1n) is 9.40. The average Bonchev–Trinajstić information content (AvgIpc) is 3.03. The molecule has 0 saturated carbocycles. The number of aromatic nitrogens is 1. The molecule has 0 fully saturated rings. The monoisotopic (exact) mass is 441 g/mol. The highest BCUT2D eigenvalue weighted by molar-refractivity contribution is 7.92. The molecule has 3 N–H and O–H groups in total. The Hall–Kier alpha value is -3.59. The summed E-state index contributed by atoms with van der Waals surface area (Å²) in [7, 11) is -2.35. The summed E-state index contributed by atoms with van der Waals surface area (Å²) in [5.74, 6) is 0.00388. The van der Waals surface area contributed by atoms with Crippen LogP contribution in [0.5, 0.6) is 5.75 Å². The lowest BCUT2D eigenvalue weighted by atomic mass is 10.1. The van der Waals surface area contributed by atoms with E-state index in [2.05, 4.69) is 15.0 Å². The predicted molar refractivity (Wildman–Crippen MR) is 118 cm³/mol. The van der Waals surface area contributed by atoms with Gasteiger partial charge in [0, 0.05) is 22.6 Å². The van der Waals surface area contributed by atoms with Crippen LogP contribution >= 0.6 is 0 Å². The summed E-state index contributed by atoms with van der Waals surface area (Å²) < 4.78 is 33.0. The van der Waals surface area contributed by atoms with Crippen molar-refractivity contribution in [3.05, 3.63) is 71.0 Å². The van der Waals surface area contributed by atoms with Crippen molar-refractivity contribution in [2.75, 3.05) is 17.1 Å². The van der Waals surface area contributed by atoms with Gasteiger partial charge < -0.3 is 15.0 Å². The van der Waals surface area contributed by atoms with Gasteiger partial charge in [0.05, 0.1) is 12.0 Å². The molecule has 31 heavy (non-hydrogen) atoms. The van der Waals surface area contributed by atoms with E-state index in [0.29, 0.717) is 33.9 Å². The van der Waals surface area contributed by atoms with Gasteiger partial charge in [-0.25, -0.2) is 8.42 Å². The number of Topliss-reactive ketones (excluding diaryl/α,β-unsaturated/α-hetero) is 1. The Kier molecular flexibility index (Phi) is 6.16. The third-order valence-corrected chi connectivity index (χ3v) is 6.14. The fourth-order valence-electron chi connectivity index (χ4n) is 3.31. The maximum Gasteiger partial charge on any atom is 0.272 e. The van der Waals surface area contributed by atoms with E-state index in [1.54, 1.807) is 44.2 Å². The maximum absolute atomic E-state index is 12.7. The Morgan fingerprint density at radius 2 is 1.68 bits per heavy atom. The second kappa shape index (κ2) is 8.65. The smallest absolute Gasteiger partial charge is 0.272 e. The number of ether oxygens (including phenoxy) is 1. The van der Waals surface area contributed by atoms with E-state index in [1.807, 2.05) is 0 Å². The highest BCUT2D eigenvalue weighted by atomic mass is 32.2. The van der Waals surface area contributed by atoms with Crippen LogP contribution < -0.4 is 14.8 Å². The molecule has 0 unspecified atom stereocenters. The second-order valence-electron chi connectivity index (χ2n) is 7.00. The molecule has 0 saturated heterocycles. The van der Waals surface area contributed by atoms with Crippen LogP contribution in [0.15, 0.2) is 53.4 Å². The molecule has 0 bridgehead atoms. The lowest BCUT2D eigenvalue weighted by molar-refractivity contribution is 0.101. The summed E-state index contributed by atoms with van der Waals surface area (Å²) in [5.41, 5.74) is 2.57. The van der Waals surface area contributed by atoms with E-state index in [-0.39, 0.29) is 16.4 Å². The van der Waals surface area contributed by atoms with Gasteiger partial charge in [-0.15, -0.1) is 0 Å². The van der Waals surface area contributed by atoms with Gasteiger partial charge in [-0.05, 0) is 68.8 Å². The Bertz CT molecular complexity index is 1240. The lowest BCUT2D eigenvalue weighted by Gasteiger charge is -2.11. The summed E-state index contributed by atoms with van der Waals surface area (Å²) >= 11 is 0. The molecule has 0 spiro atoms. The number of anilines is 2. The fraction of sp³-hybridized carbons (Fsp3) is 0.182. The molecular formula is C22H23N3O5S. The largest absolute Gasteiger partial charge is 0.497 e. The molecule has 9 heteroatoms. The maximum atomic E-state index is 12.7. The quantitative estimate of drug-likeness (QED) is 0.481. The van der Waals surface area contributed by atoms with Crippen molar-refractivity contribution in [1.82, 2.24) is 4.98 Å². The number of aryl methyl sites for hydroxylation is 1. The lowest BCUT2D eigenvalue weighted by Crippen LogP contribution is -2.16. The van der Waals surface area contributed by atoms with Gasteiger partial charge in [0.2, 0.25) is 0 Å². The zero-order chi connectivity index (χ0) is 22.8. The summed E-state index contributed by atoms with van der Waals surface area (Å²) in [6.07, 6.45) is 0. The van der Waals surface area contributed by atoms with Crippen molar-refractivity contribution < 1.29 is 22.7 Å². The number of methoxy groups -OCH3 is 1. The average molecular weight is 442 g/mol. The van der Waals surface area contributed by atoms with Gasteiger partial charge in [-0.3, -0.25) is 14.3 Å². The van der Waals surface area contributed by atoms with Crippen molar-refractivity contribution in [2.24, 2.45) is 0 Å². The van der Waals surface area contributed by atoms with Crippen LogP contribution in [0.4, 0.5) is 11.4 Å². The normalized spacial score (nSPS) is 11.1. The molecule has 2 aromatic carbocycles. The fourth-order valence-corrected chi connectivity index (χ4v) is 4.42. The van der Waals surface area contributed by atoms with Crippen molar-refractivity contribution in [2.45, 2.75) is 25.7 Å². The highest BCUT2D eigenvalue weighted by Gasteiger charge is 2.21. The van der Waals surface area contributed by atoms with Gasteiger partial charge in [0.1, 0.15) is 11.4 Å². The zero-order valence-corrected chi connectivity index (χ0v) is 18.4. The molecule has 0 aliphatic carbocycles. The minimum absolute atomic E-state index is 0.00932. The Labute approximate surface area is 180 Å². The highest BCUT2D eigenvalue weighted by Crippen LogP contribution is 2.23. The number of carbonyl (C=O) groups is 2. The topological polar surface area (TPSA) is 117 Å². The van der Waals surface area contributed by atoms with E-state index >= 15 is 0 Å². The third-order valence-electron chi connectivity index (χ3n) is 4.76. The van der Waals surface area contributed by atoms with Crippen LogP contribution in [0.2, 0.25) is 0 Å². The minimum atomic E-state index is -3.87. The van der Waals surface area contributed by atoms with Gasteiger partial charge >= 0.3 is 0 Å². The van der Waals surface area contributed by atoms with Crippen LogP contribution in [-0.2, 0) is 10.0 Å². The second-order valence-corrected chi connectivity index (χ2v) is 8.68. The number of benzene rings is 2. The number of hydrogen-bond donors (Lipinski definition) is 3. The molecule has 162 valence electrons. The van der Waals surface area contributed by atoms with Crippen molar-refractivity contribution in [1.29, 1.82) is 0 Å². The first-order valence-corrected chi connectivity index (χ1v) is 10.9. The molecular weight excluding hydrogens is 418 g/mol. The number of aromatic amines is 1. The molecule has 0 aliphatic rings. The van der Waals surface area contributed by atoms with E-state index in [0.717, 1.165) is 0 Å². The minimum Gasteiger partial charge on any atom is -0.497 e. The molecule has 0 radical (unpaired) electrons. The van der Waals surface area contributed by atoms with Crippen LogP contribution in [0.3, 0.4) is 0 Å². The number of nitrogens with one attached hydrogen (secondary N) is 3. The molecule has 0 atom stereocenters. The van der Waals surface area contributed by atoms with E-state index in [1.165, 1.54) is 32.2 Å². The number of carbonyl (C=O) groups excluding carboxylic acids is 2. The molecule has 3 aromatic rings. The summed E-state index contributed by atoms with van der Waals surface area (Å²) in [4.78, 5) is 27.4. The molecule has 0 aliphatic heterocycles. The SMILES string of the molecule is COc1ccc(NS(=O)(=O)c2cccc(NC(=O)c3[nH]c(C)c(C(C)=O)c3C)c2)cc1. The van der Waals surface area contributed by atoms with Crippen molar-refractivity contribution in [3.63, 3.8) is 0 Å². The van der Waals surface area contributed by atoms with E-state index < -0.39 is 15.9 Å². The number of rotatable bonds is 7. The predicted octanol–water partition coefficient (Wildman–Crippen LogP) is 3.90. The number of sulfonamides is 1. The summed E-state index contributed by atoms with van der Waals surface area (Å²) in [5, 5.41) is 2.68. The van der Waals surface area contributed by atoms with Crippen LogP contribution in [0, 0.1) is 13.8 Å². The molecule has 1 amide bonds. The van der Waals surface area contributed by atoms with Crippen LogP contribution in [0.25, 0.3) is 0 Å². The standard InChI is InChI=1S/C22H23N3O5S/c1-13-20(15(3)26)14(2)23-21(13)22(27)24-17-6-5-7-19(12-17)31(28,29)25-16-8-10-18(30-4)11-9-16/h5-12,23,25H,1-4H3,(H,24,27). The molecule has 1 heterocycles. The van der Waals surface area contributed by atoms with Crippen molar-refractivity contribution in [3.8, 4) is 5.75 Å². The third kappa shape index (κ3) is 4.77. The first kappa shape index (κ1) is 22.1. The van der Waals surface area contributed by atoms with E-state index in [9.17, 15) is 18.0 Å². The van der Waals surface area contributed by atoms with Gasteiger partial charge in [-0.1, -0.05) is 6.07 Å². The Morgan fingerprint density at radius 1 is 1.00 bits per heavy atom.